The second kappa shape index (κ2) is 6.10. The summed E-state index contributed by atoms with van der Waals surface area (Å²) in [5.74, 6) is -10.7. The summed E-state index contributed by atoms with van der Waals surface area (Å²) in [4.78, 5) is 7.23. The number of nitrogens with one attached hydrogen (secondary N) is 1. The minimum absolute atomic E-state index is 0.0195. The van der Waals surface area contributed by atoms with Gasteiger partial charge in [0.15, 0.2) is 23.3 Å². The van der Waals surface area contributed by atoms with Gasteiger partial charge in [-0.05, 0) is 0 Å². The molecule has 5 nitrogen and oxygen atoms in total. The highest BCUT2D eigenvalue weighted by Gasteiger charge is 2.24. The van der Waals surface area contributed by atoms with Crippen molar-refractivity contribution in [3.8, 4) is 0 Å². The van der Waals surface area contributed by atoms with Crippen LogP contribution in [0.2, 0.25) is 5.15 Å². The van der Waals surface area contributed by atoms with Crippen LogP contribution in [0.4, 0.5) is 33.7 Å². The molecule has 2 aromatic rings. The number of nitrogens with two attached hydrogens (primary N) is 1. The highest BCUT2D eigenvalue weighted by atomic mass is 35.5. The molecular weight excluding hydrogens is 333 g/mol. The molecule has 0 unspecified atom stereocenters. The van der Waals surface area contributed by atoms with Crippen LogP contribution in [0.5, 0.6) is 0 Å². The number of halogens is 6. The number of rotatable bonds is 3. The van der Waals surface area contributed by atoms with Gasteiger partial charge in [-0.1, -0.05) is 11.6 Å². The van der Waals surface area contributed by atoms with Crippen LogP contribution in [0.15, 0.2) is 11.2 Å². The molecular formula is C11H5ClF5N5. The zero-order valence-corrected chi connectivity index (χ0v) is 11.1. The molecule has 0 bridgehead atoms. The van der Waals surface area contributed by atoms with E-state index in [2.05, 4.69) is 20.5 Å². The predicted octanol–water partition coefficient (Wildman–Crippen LogP) is 2.85. The van der Waals surface area contributed by atoms with Crippen molar-refractivity contribution in [2.24, 2.45) is 5.10 Å². The summed E-state index contributed by atoms with van der Waals surface area (Å²) < 4.78 is 65.4. The van der Waals surface area contributed by atoms with Gasteiger partial charge in [-0.3, -0.25) is 0 Å². The quantitative estimate of drug-likeness (QED) is 0.225. The molecule has 1 aromatic carbocycles. The third kappa shape index (κ3) is 3.06. The third-order valence-electron chi connectivity index (χ3n) is 2.32. The Morgan fingerprint density at radius 2 is 1.55 bits per heavy atom. The molecule has 22 heavy (non-hydrogen) atoms. The zero-order chi connectivity index (χ0) is 16.4. The van der Waals surface area contributed by atoms with E-state index in [0.29, 0.717) is 6.21 Å². The van der Waals surface area contributed by atoms with Crippen LogP contribution >= 0.6 is 11.6 Å². The maximum atomic E-state index is 13.3. The second-order valence-electron chi connectivity index (χ2n) is 3.79. The Morgan fingerprint density at radius 3 is 2.09 bits per heavy atom. The van der Waals surface area contributed by atoms with Crippen LogP contribution in [0.1, 0.15) is 5.56 Å². The van der Waals surface area contributed by atoms with E-state index in [0.717, 1.165) is 0 Å². The zero-order valence-electron chi connectivity index (χ0n) is 10.3. The first-order chi connectivity index (χ1) is 10.3. The number of hydrogen-bond donors (Lipinski definition) is 2. The Labute approximate surface area is 124 Å². The lowest BCUT2D eigenvalue weighted by atomic mass is 10.2. The van der Waals surface area contributed by atoms with Crippen LogP contribution < -0.4 is 11.2 Å². The minimum Gasteiger partial charge on any atom is -0.383 e. The average Bonchev–Trinajstić information content (AvgIpc) is 2.46. The fourth-order valence-electron chi connectivity index (χ4n) is 1.37. The lowest BCUT2D eigenvalue weighted by Gasteiger charge is -2.04. The van der Waals surface area contributed by atoms with Gasteiger partial charge in [0, 0.05) is 6.07 Å². The van der Waals surface area contributed by atoms with E-state index >= 15 is 0 Å². The highest BCUT2D eigenvalue weighted by molar-refractivity contribution is 6.29. The Kier molecular flexibility index (Phi) is 4.40. The molecule has 0 aliphatic rings. The van der Waals surface area contributed by atoms with E-state index in [1.807, 2.05) is 0 Å². The van der Waals surface area contributed by atoms with E-state index in [-0.39, 0.29) is 16.9 Å². The molecule has 0 atom stereocenters. The van der Waals surface area contributed by atoms with Crippen molar-refractivity contribution in [1.82, 2.24) is 9.97 Å². The molecule has 3 N–H and O–H groups in total. The smallest absolute Gasteiger partial charge is 0.246 e. The topological polar surface area (TPSA) is 76.2 Å². The molecule has 0 saturated carbocycles. The van der Waals surface area contributed by atoms with Crippen molar-refractivity contribution in [2.45, 2.75) is 0 Å². The molecule has 0 amide bonds. The van der Waals surface area contributed by atoms with Gasteiger partial charge in [-0.15, -0.1) is 0 Å². The first kappa shape index (κ1) is 15.9. The van der Waals surface area contributed by atoms with Gasteiger partial charge in [-0.2, -0.15) is 15.1 Å². The first-order valence-corrected chi connectivity index (χ1v) is 5.79. The van der Waals surface area contributed by atoms with E-state index in [4.69, 9.17) is 17.3 Å². The number of aromatic nitrogens is 2. The average molecular weight is 338 g/mol. The summed E-state index contributed by atoms with van der Waals surface area (Å²) in [5, 5.41) is 3.24. The fourth-order valence-corrected chi connectivity index (χ4v) is 1.57. The van der Waals surface area contributed by atoms with Crippen LogP contribution in [0.3, 0.4) is 0 Å². The Bertz CT molecular complexity index is 718. The van der Waals surface area contributed by atoms with Gasteiger partial charge in [0.2, 0.25) is 11.8 Å². The number of hydrazone groups is 1. The Morgan fingerprint density at radius 1 is 1.00 bits per heavy atom. The van der Waals surface area contributed by atoms with E-state index in [1.165, 1.54) is 6.07 Å². The molecule has 0 radical (unpaired) electrons. The van der Waals surface area contributed by atoms with Gasteiger partial charge in [0.25, 0.3) is 0 Å². The third-order valence-corrected chi connectivity index (χ3v) is 2.51. The molecule has 0 saturated heterocycles. The summed E-state index contributed by atoms with van der Waals surface area (Å²) in [6.07, 6.45) is 0.386. The van der Waals surface area contributed by atoms with E-state index in [9.17, 15) is 22.0 Å². The molecule has 1 heterocycles. The minimum atomic E-state index is -2.26. The molecule has 116 valence electrons. The predicted molar refractivity (Wildman–Crippen MR) is 68.9 cm³/mol. The van der Waals surface area contributed by atoms with Crippen molar-refractivity contribution >= 4 is 29.6 Å². The number of nitrogen functional groups attached to an aromatic ring is 1. The van der Waals surface area contributed by atoms with Gasteiger partial charge >= 0.3 is 0 Å². The SMILES string of the molecule is Nc1cc(Cl)nc(N/N=C/c2c(F)c(F)c(F)c(F)c2F)n1. The highest BCUT2D eigenvalue weighted by Crippen LogP contribution is 2.21. The molecule has 0 spiro atoms. The van der Waals surface area contributed by atoms with Crippen molar-refractivity contribution in [3.63, 3.8) is 0 Å². The van der Waals surface area contributed by atoms with Crippen LogP contribution in [-0.4, -0.2) is 16.2 Å². The molecule has 11 heteroatoms. The second-order valence-corrected chi connectivity index (χ2v) is 4.18. The number of benzene rings is 1. The van der Waals surface area contributed by atoms with Gasteiger partial charge in [0.1, 0.15) is 11.0 Å². The normalized spacial score (nSPS) is 11.2. The largest absolute Gasteiger partial charge is 0.383 e. The Hall–Kier alpha value is -2.49. The van der Waals surface area contributed by atoms with E-state index < -0.39 is 34.6 Å². The molecule has 0 aliphatic heterocycles. The maximum absolute atomic E-state index is 13.3. The number of anilines is 2. The summed E-state index contributed by atoms with van der Waals surface area (Å²) in [7, 11) is 0. The summed E-state index contributed by atoms with van der Waals surface area (Å²) in [6, 6.07) is 1.22. The fraction of sp³-hybridized carbons (Fsp3) is 0. The standard InChI is InChI=1S/C11H5ClF5N5/c12-4-1-5(18)21-11(20-4)22-19-2-3-6(13)8(15)10(17)9(16)7(3)14/h1-2H,(H3,18,20,21,22)/b19-2+. The van der Waals surface area contributed by atoms with Crippen molar-refractivity contribution in [3.05, 3.63) is 45.9 Å². The monoisotopic (exact) mass is 337 g/mol. The molecule has 2 rings (SSSR count). The maximum Gasteiger partial charge on any atom is 0.246 e. The first-order valence-electron chi connectivity index (χ1n) is 5.41. The lowest BCUT2D eigenvalue weighted by Crippen LogP contribution is -2.07. The van der Waals surface area contributed by atoms with Crippen molar-refractivity contribution in [1.29, 1.82) is 0 Å². The van der Waals surface area contributed by atoms with Crippen LogP contribution in [0, 0.1) is 29.1 Å². The molecule has 1 aromatic heterocycles. The lowest BCUT2D eigenvalue weighted by molar-refractivity contribution is 0.377. The van der Waals surface area contributed by atoms with E-state index in [1.54, 1.807) is 0 Å². The van der Waals surface area contributed by atoms with Crippen molar-refractivity contribution in [2.75, 3.05) is 11.2 Å². The number of nitrogens with zero attached hydrogens (tertiary/aromatic N) is 3. The van der Waals surface area contributed by atoms with Crippen LogP contribution in [0.25, 0.3) is 0 Å². The number of hydrogen-bond acceptors (Lipinski definition) is 5. The summed E-state index contributed by atoms with van der Waals surface area (Å²) in [6.45, 7) is 0. The van der Waals surface area contributed by atoms with Gasteiger partial charge in [0.05, 0.1) is 11.8 Å². The van der Waals surface area contributed by atoms with Crippen LogP contribution in [-0.2, 0) is 0 Å². The molecule has 0 fully saturated rings. The summed E-state index contributed by atoms with van der Waals surface area (Å²) in [5.41, 5.74) is 6.23. The van der Waals surface area contributed by atoms with Gasteiger partial charge < -0.3 is 5.73 Å². The summed E-state index contributed by atoms with van der Waals surface area (Å²) >= 11 is 5.57. The van der Waals surface area contributed by atoms with Gasteiger partial charge in [-0.25, -0.2) is 27.4 Å². The Balaban J connectivity index is 2.31. The molecule has 0 aliphatic carbocycles. The van der Waals surface area contributed by atoms with Crippen molar-refractivity contribution < 1.29 is 22.0 Å².